The maximum atomic E-state index is 8.95. The number of piperidine rings is 1. The molecule has 92 valence electrons. The van der Waals surface area contributed by atoms with Crippen LogP contribution in [0.2, 0.25) is 0 Å². The van der Waals surface area contributed by atoms with Gasteiger partial charge in [-0.05, 0) is 31.5 Å². The Morgan fingerprint density at radius 2 is 2.33 bits per heavy atom. The van der Waals surface area contributed by atoms with Gasteiger partial charge in [-0.2, -0.15) is 5.26 Å². The van der Waals surface area contributed by atoms with E-state index < -0.39 is 0 Å². The van der Waals surface area contributed by atoms with Crippen LogP contribution in [0.1, 0.15) is 24.7 Å². The third kappa shape index (κ3) is 1.87. The van der Waals surface area contributed by atoms with E-state index in [1.807, 2.05) is 18.2 Å². The lowest BCUT2D eigenvalue weighted by atomic mass is 10.1. The summed E-state index contributed by atoms with van der Waals surface area (Å²) in [5.74, 6) is 0.896. The summed E-state index contributed by atoms with van der Waals surface area (Å²) in [4.78, 5) is 4.59. The lowest BCUT2D eigenvalue weighted by Gasteiger charge is -2.26. The summed E-state index contributed by atoms with van der Waals surface area (Å²) in [6.07, 6.45) is 2.72. The number of rotatable bonds is 2. The molecule has 0 saturated carbocycles. The van der Waals surface area contributed by atoms with E-state index in [2.05, 4.69) is 27.0 Å². The molecule has 0 radical (unpaired) electrons. The first-order chi connectivity index (χ1) is 8.90. The van der Waals surface area contributed by atoms with Crippen LogP contribution in [0.15, 0.2) is 24.3 Å². The molecular formula is C14H16N4. The second-order valence-corrected chi connectivity index (χ2v) is 4.72. The van der Waals surface area contributed by atoms with Gasteiger partial charge in [-0.25, -0.2) is 4.98 Å². The van der Waals surface area contributed by atoms with Gasteiger partial charge in [0, 0.05) is 12.6 Å². The summed E-state index contributed by atoms with van der Waals surface area (Å²) in [5, 5.41) is 12.4. The van der Waals surface area contributed by atoms with Gasteiger partial charge < -0.3 is 9.88 Å². The molecule has 0 bridgehead atoms. The summed E-state index contributed by atoms with van der Waals surface area (Å²) in [7, 11) is 0. The lowest BCUT2D eigenvalue weighted by Crippen LogP contribution is -2.32. The minimum absolute atomic E-state index is 0.380. The van der Waals surface area contributed by atoms with E-state index in [0.717, 1.165) is 36.4 Å². The topological polar surface area (TPSA) is 53.6 Å². The van der Waals surface area contributed by atoms with Crippen molar-refractivity contribution in [2.45, 2.75) is 25.3 Å². The highest BCUT2D eigenvalue weighted by molar-refractivity contribution is 5.76. The first kappa shape index (κ1) is 11.2. The number of fused-ring (bicyclic) bond motifs is 1. The summed E-state index contributed by atoms with van der Waals surface area (Å²) >= 11 is 0. The summed E-state index contributed by atoms with van der Waals surface area (Å²) < 4.78 is 2.25. The van der Waals surface area contributed by atoms with Crippen molar-refractivity contribution in [3.8, 4) is 6.07 Å². The molecule has 3 rings (SSSR count). The highest BCUT2D eigenvalue weighted by Crippen LogP contribution is 2.25. The Bertz CT molecular complexity index is 587. The number of aromatic nitrogens is 2. The first-order valence-corrected chi connectivity index (χ1v) is 6.43. The minimum atomic E-state index is 0.380. The molecule has 4 heteroatoms. The third-order valence-electron chi connectivity index (χ3n) is 3.54. The molecule has 0 spiro atoms. The predicted molar refractivity (Wildman–Crippen MR) is 70.2 cm³/mol. The van der Waals surface area contributed by atoms with Crippen LogP contribution in [0.3, 0.4) is 0 Å². The van der Waals surface area contributed by atoms with Gasteiger partial charge in [-0.3, -0.25) is 0 Å². The van der Waals surface area contributed by atoms with Crippen LogP contribution in [-0.4, -0.2) is 22.6 Å². The number of para-hydroxylation sites is 2. The van der Waals surface area contributed by atoms with E-state index in [0.29, 0.717) is 12.5 Å². The van der Waals surface area contributed by atoms with Gasteiger partial charge in [0.1, 0.15) is 5.82 Å². The van der Waals surface area contributed by atoms with Gasteiger partial charge in [0.2, 0.25) is 0 Å². The maximum Gasteiger partial charge on any atom is 0.124 e. The highest BCUT2D eigenvalue weighted by atomic mass is 15.1. The maximum absolute atomic E-state index is 8.95. The van der Waals surface area contributed by atoms with Crippen molar-refractivity contribution in [2.75, 3.05) is 13.1 Å². The molecule has 2 heterocycles. The number of benzene rings is 1. The average Bonchev–Trinajstić information content (AvgIpc) is 2.78. The van der Waals surface area contributed by atoms with E-state index in [1.54, 1.807) is 0 Å². The molecule has 1 aliphatic heterocycles. The monoisotopic (exact) mass is 240 g/mol. The van der Waals surface area contributed by atoms with E-state index >= 15 is 0 Å². The number of nitriles is 1. The normalized spacial score (nSPS) is 19.8. The standard InChI is InChI=1S/C14H16N4/c15-8-7-14-17-12-5-1-2-6-13(12)18(14)11-4-3-9-16-10-11/h1-2,5-6,11,16H,3-4,7,9-10H2. The van der Waals surface area contributed by atoms with Crippen LogP contribution in [0.5, 0.6) is 0 Å². The second-order valence-electron chi connectivity index (χ2n) is 4.72. The number of nitrogens with zero attached hydrogens (tertiary/aromatic N) is 3. The average molecular weight is 240 g/mol. The zero-order valence-electron chi connectivity index (χ0n) is 10.3. The summed E-state index contributed by atoms with van der Waals surface area (Å²) in [6, 6.07) is 10.8. The molecule has 1 N–H and O–H groups in total. The molecule has 1 aromatic heterocycles. The number of imidazole rings is 1. The fourth-order valence-corrected chi connectivity index (χ4v) is 2.75. The molecular weight excluding hydrogens is 224 g/mol. The Labute approximate surface area is 106 Å². The Kier molecular flexibility index (Phi) is 2.99. The smallest absolute Gasteiger partial charge is 0.124 e. The van der Waals surface area contributed by atoms with Crippen LogP contribution in [-0.2, 0) is 6.42 Å². The molecule has 1 unspecified atom stereocenters. The fourth-order valence-electron chi connectivity index (χ4n) is 2.75. The Morgan fingerprint density at radius 3 is 3.11 bits per heavy atom. The van der Waals surface area contributed by atoms with Crippen molar-refractivity contribution >= 4 is 11.0 Å². The van der Waals surface area contributed by atoms with Crippen LogP contribution in [0, 0.1) is 11.3 Å². The number of hydrogen-bond acceptors (Lipinski definition) is 3. The summed E-state index contributed by atoms with van der Waals surface area (Å²) in [5.41, 5.74) is 2.14. The molecule has 18 heavy (non-hydrogen) atoms. The molecule has 2 aromatic rings. The predicted octanol–water partition coefficient (Wildman–Crippen LogP) is 2.03. The quantitative estimate of drug-likeness (QED) is 0.873. The lowest BCUT2D eigenvalue weighted by molar-refractivity contribution is 0.372. The molecule has 1 fully saturated rings. The van der Waals surface area contributed by atoms with Crippen LogP contribution in [0.25, 0.3) is 11.0 Å². The van der Waals surface area contributed by atoms with Crippen LogP contribution < -0.4 is 5.32 Å². The van der Waals surface area contributed by atoms with E-state index in [9.17, 15) is 0 Å². The highest BCUT2D eigenvalue weighted by Gasteiger charge is 2.20. The second kappa shape index (κ2) is 4.79. The molecule has 4 nitrogen and oxygen atoms in total. The van der Waals surface area contributed by atoms with E-state index in [1.165, 1.54) is 6.42 Å². The molecule has 0 amide bonds. The van der Waals surface area contributed by atoms with Gasteiger partial charge in [0.05, 0.1) is 23.5 Å². The van der Waals surface area contributed by atoms with Crippen molar-refractivity contribution in [3.05, 3.63) is 30.1 Å². The van der Waals surface area contributed by atoms with E-state index in [4.69, 9.17) is 5.26 Å². The Morgan fingerprint density at radius 1 is 1.44 bits per heavy atom. The van der Waals surface area contributed by atoms with Crippen molar-refractivity contribution < 1.29 is 0 Å². The van der Waals surface area contributed by atoms with Gasteiger partial charge in [0.25, 0.3) is 0 Å². The zero-order chi connectivity index (χ0) is 12.4. The van der Waals surface area contributed by atoms with Crippen LogP contribution in [0.4, 0.5) is 0 Å². The van der Waals surface area contributed by atoms with Gasteiger partial charge >= 0.3 is 0 Å². The number of nitrogens with one attached hydrogen (secondary N) is 1. The van der Waals surface area contributed by atoms with Gasteiger partial charge in [-0.1, -0.05) is 12.1 Å². The summed E-state index contributed by atoms with van der Waals surface area (Å²) in [6.45, 7) is 2.06. The zero-order valence-corrected chi connectivity index (χ0v) is 10.3. The molecule has 0 aliphatic carbocycles. The van der Waals surface area contributed by atoms with Crippen molar-refractivity contribution in [3.63, 3.8) is 0 Å². The SMILES string of the molecule is N#CCc1nc2ccccc2n1C1CCCNC1. The molecule has 1 aliphatic rings. The van der Waals surface area contributed by atoms with Gasteiger partial charge in [-0.15, -0.1) is 0 Å². The Balaban J connectivity index is 2.11. The van der Waals surface area contributed by atoms with Gasteiger partial charge in [0.15, 0.2) is 0 Å². The largest absolute Gasteiger partial charge is 0.323 e. The first-order valence-electron chi connectivity index (χ1n) is 6.43. The van der Waals surface area contributed by atoms with E-state index in [-0.39, 0.29) is 0 Å². The van der Waals surface area contributed by atoms with Crippen molar-refractivity contribution in [1.82, 2.24) is 14.9 Å². The Hall–Kier alpha value is -1.86. The third-order valence-corrected chi connectivity index (χ3v) is 3.54. The van der Waals surface area contributed by atoms with Crippen LogP contribution >= 0.6 is 0 Å². The van der Waals surface area contributed by atoms with Crippen molar-refractivity contribution in [1.29, 1.82) is 5.26 Å². The molecule has 1 saturated heterocycles. The molecule has 1 atom stereocenters. The minimum Gasteiger partial charge on any atom is -0.323 e. The van der Waals surface area contributed by atoms with Crippen molar-refractivity contribution in [2.24, 2.45) is 0 Å². The molecule has 1 aromatic carbocycles. The fraction of sp³-hybridized carbons (Fsp3) is 0.429. The number of hydrogen-bond donors (Lipinski definition) is 1.